The summed E-state index contributed by atoms with van der Waals surface area (Å²) in [6.45, 7) is 2.24. The maximum atomic E-state index is 12.2. The van der Waals surface area contributed by atoms with Crippen molar-refractivity contribution in [1.29, 1.82) is 0 Å². The second-order valence-electron chi connectivity index (χ2n) is 5.74. The van der Waals surface area contributed by atoms with Crippen molar-refractivity contribution in [2.24, 2.45) is 5.73 Å². The number of hydrogen-bond acceptors (Lipinski definition) is 4. The molecule has 1 atom stereocenters. The second kappa shape index (κ2) is 7.43. The maximum Gasteiger partial charge on any atom is 0.260 e. The molecule has 116 valence electrons. The summed E-state index contributed by atoms with van der Waals surface area (Å²) in [5, 5.41) is 0. The quantitative estimate of drug-likeness (QED) is 0.882. The third-order valence-electron chi connectivity index (χ3n) is 4.00. The highest BCUT2D eigenvalue weighted by molar-refractivity contribution is 5.77. The Morgan fingerprint density at radius 1 is 1.38 bits per heavy atom. The van der Waals surface area contributed by atoms with Crippen LogP contribution in [0.4, 0.5) is 0 Å². The number of likely N-dealkylation sites (N-methyl/N-ethyl adjacent to an activating group) is 1. The number of rotatable bonds is 5. The Hall–Kier alpha value is -1.59. The van der Waals surface area contributed by atoms with Gasteiger partial charge >= 0.3 is 0 Å². The first-order chi connectivity index (χ1) is 10.1. The number of hydrogen-bond donors (Lipinski definition) is 1. The van der Waals surface area contributed by atoms with E-state index < -0.39 is 0 Å². The van der Waals surface area contributed by atoms with E-state index in [2.05, 4.69) is 19.0 Å². The van der Waals surface area contributed by atoms with E-state index in [0.29, 0.717) is 18.3 Å². The Labute approximate surface area is 126 Å². The van der Waals surface area contributed by atoms with Crippen LogP contribution in [0.15, 0.2) is 24.3 Å². The Morgan fingerprint density at radius 2 is 2.10 bits per heavy atom. The average molecular weight is 291 g/mol. The van der Waals surface area contributed by atoms with Gasteiger partial charge < -0.3 is 20.3 Å². The minimum Gasteiger partial charge on any atom is -0.484 e. The lowest BCUT2D eigenvalue weighted by atomic mass is 10.1. The van der Waals surface area contributed by atoms with Crippen LogP contribution in [0.3, 0.4) is 0 Å². The topological polar surface area (TPSA) is 58.8 Å². The molecule has 1 aliphatic heterocycles. The fourth-order valence-corrected chi connectivity index (χ4v) is 2.56. The Balaban J connectivity index is 1.83. The second-order valence-corrected chi connectivity index (χ2v) is 5.74. The molecule has 1 saturated heterocycles. The highest BCUT2D eigenvalue weighted by Crippen LogP contribution is 2.15. The molecule has 2 rings (SSSR count). The first kappa shape index (κ1) is 15.8. The number of piperidine rings is 1. The summed E-state index contributed by atoms with van der Waals surface area (Å²) in [5.41, 5.74) is 6.61. The molecule has 1 aromatic rings. The van der Waals surface area contributed by atoms with Crippen LogP contribution in [-0.4, -0.2) is 55.5 Å². The van der Waals surface area contributed by atoms with Crippen molar-refractivity contribution < 1.29 is 9.53 Å². The molecule has 0 saturated carbocycles. The van der Waals surface area contributed by atoms with Gasteiger partial charge in [0.15, 0.2) is 6.61 Å². The summed E-state index contributed by atoms with van der Waals surface area (Å²) < 4.78 is 5.57. The van der Waals surface area contributed by atoms with E-state index >= 15 is 0 Å². The van der Waals surface area contributed by atoms with Crippen LogP contribution in [0.5, 0.6) is 5.75 Å². The minimum atomic E-state index is 0.0597. The molecule has 1 amide bonds. The maximum absolute atomic E-state index is 12.2. The van der Waals surface area contributed by atoms with E-state index in [1.165, 1.54) is 0 Å². The molecule has 2 N–H and O–H groups in total. The van der Waals surface area contributed by atoms with E-state index in [0.717, 1.165) is 31.5 Å². The van der Waals surface area contributed by atoms with Gasteiger partial charge in [0.1, 0.15) is 5.75 Å². The van der Waals surface area contributed by atoms with Crippen LogP contribution in [0, 0.1) is 0 Å². The van der Waals surface area contributed by atoms with Crippen LogP contribution in [0.1, 0.15) is 18.4 Å². The number of carbonyl (C=O) groups is 1. The molecule has 0 bridgehead atoms. The number of nitrogens with two attached hydrogens (primary N) is 1. The van der Waals surface area contributed by atoms with E-state index in [4.69, 9.17) is 10.5 Å². The van der Waals surface area contributed by atoms with Crippen molar-refractivity contribution in [3.05, 3.63) is 29.8 Å². The molecule has 5 nitrogen and oxygen atoms in total. The van der Waals surface area contributed by atoms with E-state index in [9.17, 15) is 4.79 Å². The van der Waals surface area contributed by atoms with Gasteiger partial charge in [-0.05, 0) is 44.6 Å². The van der Waals surface area contributed by atoms with Gasteiger partial charge in [-0.25, -0.2) is 0 Å². The molecule has 21 heavy (non-hydrogen) atoms. The van der Waals surface area contributed by atoms with E-state index in [1.54, 1.807) is 0 Å². The molecule has 1 aliphatic rings. The molecule has 0 aliphatic carbocycles. The predicted molar refractivity (Wildman–Crippen MR) is 83.1 cm³/mol. The van der Waals surface area contributed by atoms with Gasteiger partial charge in [0.25, 0.3) is 5.91 Å². The van der Waals surface area contributed by atoms with Crippen LogP contribution < -0.4 is 10.5 Å². The third-order valence-corrected chi connectivity index (χ3v) is 4.00. The van der Waals surface area contributed by atoms with Gasteiger partial charge in [-0.15, -0.1) is 0 Å². The smallest absolute Gasteiger partial charge is 0.260 e. The fourth-order valence-electron chi connectivity index (χ4n) is 2.56. The number of carbonyl (C=O) groups excluding carboxylic acids is 1. The average Bonchev–Trinajstić information content (AvgIpc) is 2.53. The Bertz CT molecular complexity index is 459. The largest absolute Gasteiger partial charge is 0.484 e. The zero-order chi connectivity index (χ0) is 15.2. The fraction of sp³-hybridized carbons (Fsp3) is 0.562. The summed E-state index contributed by atoms with van der Waals surface area (Å²) in [4.78, 5) is 16.3. The van der Waals surface area contributed by atoms with Gasteiger partial charge in [-0.3, -0.25) is 4.79 Å². The molecule has 1 unspecified atom stereocenters. The molecule has 0 aromatic heterocycles. The SMILES string of the molecule is CN(C)C1CCCN(C(=O)COc2ccc(CN)cc2)C1. The Kier molecular flexibility index (Phi) is 5.59. The molecule has 1 aromatic carbocycles. The van der Waals surface area contributed by atoms with Crippen LogP contribution >= 0.6 is 0 Å². The van der Waals surface area contributed by atoms with Crippen molar-refractivity contribution in [3.63, 3.8) is 0 Å². The Morgan fingerprint density at radius 3 is 2.71 bits per heavy atom. The summed E-state index contributed by atoms with van der Waals surface area (Å²) in [7, 11) is 4.13. The monoisotopic (exact) mass is 291 g/mol. The van der Waals surface area contributed by atoms with Gasteiger partial charge in [0.2, 0.25) is 0 Å². The van der Waals surface area contributed by atoms with Gasteiger partial charge in [0, 0.05) is 25.7 Å². The number of benzene rings is 1. The van der Waals surface area contributed by atoms with E-state index in [1.807, 2.05) is 29.2 Å². The lowest BCUT2D eigenvalue weighted by molar-refractivity contribution is -0.135. The zero-order valence-electron chi connectivity index (χ0n) is 12.9. The summed E-state index contributed by atoms with van der Waals surface area (Å²) in [6.07, 6.45) is 2.21. The van der Waals surface area contributed by atoms with Crippen molar-refractivity contribution in [2.75, 3.05) is 33.8 Å². The number of nitrogens with zero attached hydrogens (tertiary/aromatic N) is 2. The summed E-state index contributed by atoms with van der Waals surface area (Å²) >= 11 is 0. The molecule has 0 radical (unpaired) electrons. The highest BCUT2D eigenvalue weighted by Gasteiger charge is 2.24. The molecular formula is C16H25N3O2. The number of amides is 1. The first-order valence-electron chi connectivity index (χ1n) is 7.46. The number of ether oxygens (including phenoxy) is 1. The molecule has 1 heterocycles. The van der Waals surface area contributed by atoms with E-state index in [-0.39, 0.29) is 12.5 Å². The van der Waals surface area contributed by atoms with Gasteiger partial charge in [-0.1, -0.05) is 12.1 Å². The third kappa shape index (κ3) is 4.44. The van der Waals surface area contributed by atoms with Crippen molar-refractivity contribution in [1.82, 2.24) is 9.80 Å². The van der Waals surface area contributed by atoms with Crippen molar-refractivity contribution in [3.8, 4) is 5.75 Å². The first-order valence-corrected chi connectivity index (χ1v) is 7.46. The van der Waals surface area contributed by atoms with Crippen molar-refractivity contribution >= 4 is 5.91 Å². The standard InChI is InChI=1S/C16H25N3O2/c1-18(2)14-4-3-9-19(11-14)16(20)12-21-15-7-5-13(10-17)6-8-15/h5-8,14H,3-4,9-12,17H2,1-2H3. The minimum absolute atomic E-state index is 0.0597. The summed E-state index contributed by atoms with van der Waals surface area (Å²) in [6, 6.07) is 8.00. The predicted octanol–water partition coefficient (Wildman–Crippen LogP) is 1.08. The van der Waals surface area contributed by atoms with Gasteiger partial charge in [0.05, 0.1) is 0 Å². The number of likely N-dealkylation sites (tertiary alicyclic amines) is 1. The molecule has 1 fully saturated rings. The van der Waals surface area contributed by atoms with Crippen LogP contribution in [0.25, 0.3) is 0 Å². The molecule has 5 heteroatoms. The molecular weight excluding hydrogens is 266 g/mol. The van der Waals surface area contributed by atoms with Crippen molar-refractivity contribution in [2.45, 2.75) is 25.4 Å². The van der Waals surface area contributed by atoms with Crippen LogP contribution in [-0.2, 0) is 11.3 Å². The highest BCUT2D eigenvalue weighted by atomic mass is 16.5. The molecule has 0 spiro atoms. The lowest BCUT2D eigenvalue weighted by Crippen LogP contribution is -2.48. The summed E-state index contributed by atoms with van der Waals surface area (Å²) in [5.74, 6) is 0.770. The lowest BCUT2D eigenvalue weighted by Gasteiger charge is -2.36. The zero-order valence-corrected chi connectivity index (χ0v) is 12.9. The normalized spacial score (nSPS) is 18.9. The van der Waals surface area contributed by atoms with Crippen LogP contribution in [0.2, 0.25) is 0 Å². The van der Waals surface area contributed by atoms with Gasteiger partial charge in [-0.2, -0.15) is 0 Å².